The molecule has 1 aliphatic rings. The Morgan fingerprint density at radius 3 is 2.42 bits per heavy atom. The normalized spacial score (nSPS) is 20.2. The van der Waals surface area contributed by atoms with E-state index in [1.165, 1.54) is 11.1 Å². The van der Waals surface area contributed by atoms with Crippen LogP contribution in [0.4, 0.5) is 0 Å². The first-order valence-electron chi connectivity index (χ1n) is 9.36. The lowest BCUT2D eigenvalue weighted by Gasteiger charge is -2.38. The van der Waals surface area contributed by atoms with Crippen LogP contribution in [0.1, 0.15) is 36.8 Å². The third-order valence-corrected chi connectivity index (χ3v) is 5.40. The molecule has 2 aromatic carbocycles. The predicted molar refractivity (Wildman–Crippen MR) is 105 cm³/mol. The number of benzene rings is 2. The van der Waals surface area contributed by atoms with E-state index in [-0.39, 0.29) is 18.1 Å². The minimum absolute atomic E-state index is 0.0984. The first-order valence-corrected chi connectivity index (χ1v) is 9.74. The molecular weight excluding hydrogens is 346 g/mol. The fraction of sp³-hybridized carbons (Fsp3) is 0.409. The van der Waals surface area contributed by atoms with Crippen LogP contribution in [0.5, 0.6) is 0 Å². The van der Waals surface area contributed by atoms with Crippen LogP contribution in [0.15, 0.2) is 54.6 Å². The Morgan fingerprint density at radius 1 is 1.08 bits per heavy atom. The van der Waals surface area contributed by atoms with Crippen molar-refractivity contribution in [3.8, 4) is 0 Å². The second-order valence-corrected chi connectivity index (χ2v) is 7.67. The number of carbonyl (C=O) groups is 1. The maximum absolute atomic E-state index is 12.4. The fourth-order valence-corrected chi connectivity index (χ4v) is 3.67. The number of aliphatic hydroxyl groups excluding tert-OH is 1. The number of nitrogens with one attached hydrogen (secondary N) is 1. The van der Waals surface area contributed by atoms with Crippen molar-refractivity contribution in [2.75, 3.05) is 0 Å². The van der Waals surface area contributed by atoms with E-state index < -0.39 is 0 Å². The van der Waals surface area contributed by atoms with Gasteiger partial charge in [-0.25, -0.2) is 0 Å². The van der Waals surface area contributed by atoms with Crippen LogP contribution < -0.4 is 5.32 Å². The van der Waals surface area contributed by atoms with E-state index in [9.17, 15) is 9.90 Å². The summed E-state index contributed by atoms with van der Waals surface area (Å²) in [6.07, 6.45) is 4.38. The number of amides is 1. The zero-order valence-corrected chi connectivity index (χ0v) is 15.7. The number of hydrogen-bond donors (Lipinski definition) is 2. The summed E-state index contributed by atoms with van der Waals surface area (Å²) in [6.45, 7) is 0. The lowest BCUT2D eigenvalue weighted by atomic mass is 9.75. The van der Waals surface area contributed by atoms with E-state index in [0.29, 0.717) is 12.3 Å². The summed E-state index contributed by atoms with van der Waals surface area (Å²) < 4.78 is 0. The summed E-state index contributed by atoms with van der Waals surface area (Å²) in [5, 5.41) is 13.6. The third kappa shape index (κ3) is 5.58. The van der Waals surface area contributed by atoms with E-state index in [0.717, 1.165) is 37.1 Å². The molecule has 0 heterocycles. The van der Waals surface area contributed by atoms with Gasteiger partial charge in [-0.05, 0) is 61.3 Å². The molecule has 1 aliphatic carbocycles. The minimum Gasteiger partial charge on any atom is -0.393 e. The Bertz CT molecular complexity index is 696. The van der Waals surface area contributed by atoms with E-state index in [2.05, 4.69) is 17.4 Å². The number of carbonyl (C=O) groups excluding carboxylic acids is 1. The molecule has 2 aromatic rings. The highest BCUT2D eigenvalue weighted by atomic mass is 35.5. The summed E-state index contributed by atoms with van der Waals surface area (Å²) in [7, 11) is 0. The highest BCUT2D eigenvalue weighted by molar-refractivity contribution is 6.30. The highest BCUT2D eigenvalue weighted by Crippen LogP contribution is 2.31. The average molecular weight is 372 g/mol. The van der Waals surface area contributed by atoms with Crippen LogP contribution in [0, 0.1) is 5.92 Å². The number of rotatable bonds is 8. The zero-order chi connectivity index (χ0) is 18.4. The quantitative estimate of drug-likeness (QED) is 0.732. The van der Waals surface area contributed by atoms with Crippen molar-refractivity contribution in [2.24, 2.45) is 5.92 Å². The molecule has 3 rings (SSSR count). The molecular formula is C22H26ClNO2. The topological polar surface area (TPSA) is 49.3 Å². The second-order valence-electron chi connectivity index (χ2n) is 7.23. The number of aryl methyl sites for hydroxylation is 1. The maximum atomic E-state index is 12.4. The second kappa shape index (κ2) is 9.20. The van der Waals surface area contributed by atoms with Gasteiger partial charge >= 0.3 is 0 Å². The van der Waals surface area contributed by atoms with Crippen molar-refractivity contribution in [2.45, 2.75) is 50.7 Å². The molecule has 0 spiro atoms. The molecule has 4 heteroatoms. The van der Waals surface area contributed by atoms with Gasteiger partial charge in [0.05, 0.1) is 6.10 Å². The lowest BCUT2D eigenvalue weighted by Crippen LogP contribution is -2.48. The van der Waals surface area contributed by atoms with Gasteiger partial charge in [0.1, 0.15) is 0 Å². The van der Waals surface area contributed by atoms with E-state index in [1.807, 2.05) is 42.5 Å². The zero-order valence-electron chi connectivity index (χ0n) is 14.9. The molecule has 0 radical (unpaired) electrons. The van der Waals surface area contributed by atoms with Crippen LogP contribution in [-0.2, 0) is 17.6 Å². The molecule has 0 bridgehead atoms. The Balaban J connectivity index is 1.49. The third-order valence-electron chi connectivity index (χ3n) is 5.15. The van der Waals surface area contributed by atoms with Crippen LogP contribution >= 0.6 is 11.6 Å². The van der Waals surface area contributed by atoms with Gasteiger partial charge in [-0.2, -0.15) is 0 Å². The smallest absolute Gasteiger partial charge is 0.220 e. The molecule has 3 nitrogen and oxygen atoms in total. The monoisotopic (exact) mass is 371 g/mol. The highest BCUT2D eigenvalue weighted by Gasteiger charge is 2.34. The van der Waals surface area contributed by atoms with Crippen LogP contribution in [-0.4, -0.2) is 23.2 Å². The van der Waals surface area contributed by atoms with Crippen molar-refractivity contribution < 1.29 is 9.90 Å². The number of halogens is 1. The summed E-state index contributed by atoms with van der Waals surface area (Å²) in [5.41, 5.74) is 2.42. The lowest BCUT2D eigenvalue weighted by molar-refractivity contribution is -0.123. The van der Waals surface area contributed by atoms with Gasteiger partial charge in [-0.15, -0.1) is 0 Å². The van der Waals surface area contributed by atoms with Crippen molar-refractivity contribution in [1.82, 2.24) is 5.32 Å². The van der Waals surface area contributed by atoms with E-state index in [1.54, 1.807) is 0 Å². The standard InChI is InChI=1S/C22H26ClNO2/c23-19-11-9-16(10-12-19)7-4-8-22(26)24-21(18-14-20(25)15-18)13-17-5-2-1-3-6-17/h1-3,5-6,9-12,18,20-21,25H,4,7-8,13-15H2,(H,24,26)/t18?,20?,21-/m0/s1. The van der Waals surface area contributed by atoms with E-state index in [4.69, 9.17) is 11.6 Å². The fourth-order valence-electron chi connectivity index (χ4n) is 3.55. The molecule has 1 saturated carbocycles. The number of aliphatic hydroxyl groups is 1. The average Bonchev–Trinajstić information content (AvgIpc) is 2.61. The van der Waals surface area contributed by atoms with Crippen molar-refractivity contribution in [3.05, 3.63) is 70.7 Å². The molecule has 0 aromatic heterocycles. The van der Waals surface area contributed by atoms with Gasteiger partial charge in [0.15, 0.2) is 0 Å². The molecule has 2 N–H and O–H groups in total. The molecule has 1 fully saturated rings. The van der Waals surface area contributed by atoms with Crippen LogP contribution in [0.2, 0.25) is 5.02 Å². The number of hydrogen-bond acceptors (Lipinski definition) is 2. The van der Waals surface area contributed by atoms with Crippen LogP contribution in [0.3, 0.4) is 0 Å². The van der Waals surface area contributed by atoms with Gasteiger partial charge in [0.25, 0.3) is 0 Å². The van der Waals surface area contributed by atoms with Crippen molar-refractivity contribution >= 4 is 17.5 Å². The summed E-state index contributed by atoms with van der Waals surface area (Å²) in [6, 6.07) is 18.1. The molecule has 0 unspecified atom stereocenters. The molecule has 138 valence electrons. The van der Waals surface area contributed by atoms with Crippen molar-refractivity contribution in [1.29, 1.82) is 0 Å². The Kier molecular flexibility index (Phi) is 6.70. The molecule has 1 amide bonds. The van der Waals surface area contributed by atoms with Gasteiger partial charge in [0.2, 0.25) is 5.91 Å². The molecule has 1 atom stereocenters. The summed E-state index contributed by atoms with van der Waals surface area (Å²) in [5.74, 6) is 0.465. The molecule has 26 heavy (non-hydrogen) atoms. The largest absolute Gasteiger partial charge is 0.393 e. The Hall–Kier alpha value is -1.84. The Labute approximate surface area is 160 Å². The minimum atomic E-state index is -0.208. The van der Waals surface area contributed by atoms with Gasteiger partial charge in [-0.3, -0.25) is 4.79 Å². The summed E-state index contributed by atoms with van der Waals surface area (Å²) >= 11 is 5.90. The molecule has 0 aliphatic heterocycles. The van der Waals surface area contributed by atoms with Gasteiger partial charge < -0.3 is 10.4 Å². The SMILES string of the molecule is O=C(CCCc1ccc(Cl)cc1)N[C@@H](Cc1ccccc1)C1CC(O)C1. The van der Waals surface area contributed by atoms with Crippen molar-refractivity contribution in [3.63, 3.8) is 0 Å². The Morgan fingerprint density at radius 2 is 1.77 bits per heavy atom. The first kappa shape index (κ1) is 18.9. The van der Waals surface area contributed by atoms with Crippen LogP contribution in [0.25, 0.3) is 0 Å². The van der Waals surface area contributed by atoms with Gasteiger partial charge in [-0.1, -0.05) is 54.1 Å². The predicted octanol–water partition coefficient (Wildman–Crippen LogP) is 4.16. The summed E-state index contributed by atoms with van der Waals surface area (Å²) in [4.78, 5) is 12.4. The molecule has 0 saturated heterocycles. The maximum Gasteiger partial charge on any atom is 0.220 e. The van der Waals surface area contributed by atoms with Gasteiger partial charge in [0, 0.05) is 17.5 Å². The first-order chi connectivity index (χ1) is 12.6. The van der Waals surface area contributed by atoms with E-state index >= 15 is 0 Å².